The normalized spacial score (nSPS) is 15.5. The van der Waals surface area contributed by atoms with Gasteiger partial charge in [-0.05, 0) is 45.9 Å². The van der Waals surface area contributed by atoms with Gasteiger partial charge in [0.05, 0.1) is 65.4 Å². The van der Waals surface area contributed by atoms with Crippen LogP contribution in [0.5, 0.6) is 11.8 Å². The average molecular weight is 507 g/mol. The SMILES string of the molecule is CC(C)Oc1nn(CCO)c2c1/C=C/c1n[nH]c3cnc(cc13)-c1cnn(C)c1OCCN(C(C)C)C2. The van der Waals surface area contributed by atoms with Crippen LogP contribution in [0.25, 0.3) is 34.3 Å². The van der Waals surface area contributed by atoms with Crippen LogP contribution in [0.2, 0.25) is 0 Å². The highest BCUT2D eigenvalue weighted by atomic mass is 16.5. The first kappa shape index (κ1) is 25.0. The van der Waals surface area contributed by atoms with Crippen LogP contribution < -0.4 is 9.47 Å². The van der Waals surface area contributed by atoms with Gasteiger partial charge < -0.3 is 14.6 Å². The fourth-order valence-corrected chi connectivity index (χ4v) is 4.53. The van der Waals surface area contributed by atoms with Gasteiger partial charge in [0, 0.05) is 31.6 Å². The summed E-state index contributed by atoms with van der Waals surface area (Å²) in [6.45, 7) is 10.4. The quantitative estimate of drug-likeness (QED) is 0.424. The number of pyridine rings is 1. The monoisotopic (exact) mass is 506 g/mol. The molecule has 2 bridgehead atoms. The Balaban J connectivity index is 1.69. The van der Waals surface area contributed by atoms with Gasteiger partial charge in [-0.1, -0.05) is 0 Å². The lowest BCUT2D eigenvalue weighted by Gasteiger charge is -2.27. The van der Waals surface area contributed by atoms with Crippen LogP contribution in [-0.2, 0) is 20.1 Å². The molecule has 11 heteroatoms. The van der Waals surface area contributed by atoms with Crippen molar-refractivity contribution in [3.8, 4) is 23.0 Å². The maximum Gasteiger partial charge on any atom is 0.240 e. The summed E-state index contributed by atoms with van der Waals surface area (Å²) in [5.74, 6) is 1.21. The van der Waals surface area contributed by atoms with E-state index in [-0.39, 0.29) is 18.8 Å². The summed E-state index contributed by atoms with van der Waals surface area (Å²) in [5.41, 5.74) is 5.05. The third kappa shape index (κ3) is 4.96. The molecule has 0 aliphatic carbocycles. The van der Waals surface area contributed by atoms with Gasteiger partial charge in [-0.15, -0.1) is 5.10 Å². The predicted octanol–water partition coefficient (Wildman–Crippen LogP) is 3.11. The van der Waals surface area contributed by atoms with Gasteiger partial charge in [0.1, 0.15) is 6.61 Å². The molecule has 1 aliphatic rings. The van der Waals surface area contributed by atoms with Gasteiger partial charge in [-0.2, -0.15) is 10.2 Å². The number of H-pyrrole nitrogens is 1. The zero-order chi connectivity index (χ0) is 26.1. The van der Waals surface area contributed by atoms with Crippen LogP contribution in [0.4, 0.5) is 0 Å². The second-order valence-corrected chi connectivity index (χ2v) is 9.74. The number of fused-ring (bicyclic) bond motifs is 4. The molecule has 0 saturated heterocycles. The molecule has 5 heterocycles. The average Bonchev–Trinajstić information content (AvgIpc) is 3.52. The summed E-state index contributed by atoms with van der Waals surface area (Å²) >= 11 is 0. The fourth-order valence-electron chi connectivity index (χ4n) is 4.53. The van der Waals surface area contributed by atoms with E-state index in [4.69, 9.17) is 14.6 Å². The van der Waals surface area contributed by atoms with Crippen LogP contribution in [0.15, 0.2) is 18.5 Å². The van der Waals surface area contributed by atoms with Gasteiger partial charge in [0.15, 0.2) is 0 Å². The Kier molecular flexibility index (Phi) is 6.98. The number of aromatic nitrogens is 7. The van der Waals surface area contributed by atoms with Gasteiger partial charge in [-0.3, -0.25) is 19.7 Å². The van der Waals surface area contributed by atoms with Gasteiger partial charge in [0.2, 0.25) is 11.8 Å². The minimum atomic E-state index is -0.0480. The molecule has 37 heavy (non-hydrogen) atoms. The van der Waals surface area contributed by atoms with Crippen molar-refractivity contribution >= 4 is 23.1 Å². The molecule has 5 rings (SSSR count). The van der Waals surface area contributed by atoms with Gasteiger partial charge >= 0.3 is 0 Å². The Morgan fingerprint density at radius 1 is 1.19 bits per heavy atom. The van der Waals surface area contributed by atoms with Gasteiger partial charge in [0.25, 0.3) is 0 Å². The zero-order valence-corrected chi connectivity index (χ0v) is 22.0. The molecule has 4 aromatic rings. The summed E-state index contributed by atoms with van der Waals surface area (Å²) in [5, 5.41) is 27.5. The molecular weight excluding hydrogens is 472 g/mol. The highest BCUT2D eigenvalue weighted by Gasteiger charge is 2.23. The van der Waals surface area contributed by atoms with Crippen LogP contribution in [0.1, 0.15) is 44.6 Å². The van der Waals surface area contributed by atoms with E-state index in [2.05, 4.69) is 39.0 Å². The van der Waals surface area contributed by atoms with Gasteiger partial charge in [-0.25, -0.2) is 4.68 Å². The van der Waals surface area contributed by atoms with E-state index in [9.17, 15) is 5.11 Å². The van der Waals surface area contributed by atoms with Crippen molar-refractivity contribution < 1.29 is 14.6 Å². The molecule has 0 fully saturated rings. The van der Waals surface area contributed by atoms with Crippen LogP contribution >= 0.6 is 0 Å². The van der Waals surface area contributed by atoms with E-state index in [1.807, 2.05) is 43.8 Å². The van der Waals surface area contributed by atoms with E-state index in [1.54, 1.807) is 17.1 Å². The van der Waals surface area contributed by atoms with Crippen molar-refractivity contribution in [1.82, 2.24) is 39.6 Å². The second kappa shape index (κ2) is 10.3. The Bertz CT molecular complexity index is 1410. The second-order valence-electron chi connectivity index (χ2n) is 9.74. The van der Waals surface area contributed by atoms with E-state index >= 15 is 0 Å². The maximum atomic E-state index is 9.76. The standard InChI is InChI=1S/C26H34N8O3/c1-16(2)33-9-11-36-26-20(13-28-32(26)5)22-12-19-21(29-30-23(19)14-27-22)7-6-18-24(15-33)34(8-10-35)31-25(18)37-17(3)4/h6-7,12-14,16-17,35H,8-11,15H2,1-5H3,(H,29,30)/b7-6+. The summed E-state index contributed by atoms with van der Waals surface area (Å²) in [4.78, 5) is 6.96. The highest BCUT2D eigenvalue weighted by molar-refractivity contribution is 5.91. The first-order valence-corrected chi connectivity index (χ1v) is 12.6. The minimum Gasteiger partial charge on any atom is -0.476 e. The van der Waals surface area contributed by atoms with Crippen LogP contribution in [-0.4, -0.2) is 76.7 Å². The Morgan fingerprint density at radius 2 is 2.03 bits per heavy atom. The highest BCUT2D eigenvalue weighted by Crippen LogP contribution is 2.32. The Labute approximate surface area is 215 Å². The van der Waals surface area contributed by atoms with E-state index in [0.717, 1.165) is 39.1 Å². The van der Waals surface area contributed by atoms with E-state index in [0.29, 0.717) is 38.0 Å². The summed E-state index contributed by atoms with van der Waals surface area (Å²) in [6.07, 6.45) is 7.50. The minimum absolute atomic E-state index is 0.0210. The topological polar surface area (TPSA) is 119 Å². The number of aryl methyl sites for hydroxylation is 1. The maximum absolute atomic E-state index is 9.76. The van der Waals surface area contributed by atoms with Crippen molar-refractivity contribution in [2.45, 2.75) is 52.9 Å². The number of hydrogen-bond acceptors (Lipinski definition) is 8. The van der Waals surface area contributed by atoms with Crippen LogP contribution in [0, 0.1) is 0 Å². The van der Waals surface area contributed by atoms with Crippen molar-refractivity contribution in [3.05, 3.63) is 35.4 Å². The molecule has 0 saturated carbocycles. The molecule has 0 spiro atoms. The number of aromatic amines is 1. The van der Waals surface area contributed by atoms with Crippen LogP contribution in [0.3, 0.4) is 0 Å². The lowest BCUT2D eigenvalue weighted by molar-refractivity contribution is 0.159. The number of aliphatic hydroxyl groups excluding tert-OH is 1. The van der Waals surface area contributed by atoms with Crippen molar-refractivity contribution in [3.63, 3.8) is 0 Å². The molecule has 0 atom stereocenters. The van der Waals surface area contributed by atoms with Crippen molar-refractivity contribution in [2.24, 2.45) is 7.05 Å². The fraction of sp³-hybridized carbons (Fsp3) is 0.462. The molecule has 11 nitrogen and oxygen atoms in total. The van der Waals surface area contributed by atoms with Crippen molar-refractivity contribution in [1.29, 1.82) is 0 Å². The number of nitrogens with one attached hydrogen (secondary N) is 1. The predicted molar refractivity (Wildman–Crippen MR) is 141 cm³/mol. The number of nitrogens with zero attached hydrogens (tertiary/aromatic N) is 7. The molecule has 1 aliphatic heterocycles. The largest absolute Gasteiger partial charge is 0.476 e. The summed E-state index contributed by atoms with van der Waals surface area (Å²) in [7, 11) is 1.87. The lowest BCUT2D eigenvalue weighted by atomic mass is 10.1. The van der Waals surface area contributed by atoms with E-state index in [1.165, 1.54) is 0 Å². The molecule has 2 N–H and O–H groups in total. The summed E-state index contributed by atoms with van der Waals surface area (Å²) < 4.78 is 16.0. The van der Waals surface area contributed by atoms with E-state index < -0.39 is 0 Å². The smallest absolute Gasteiger partial charge is 0.240 e. The molecule has 0 radical (unpaired) electrons. The van der Waals surface area contributed by atoms with Crippen molar-refractivity contribution in [2.75, 3.05) is 19.8 Å². The number of hydrogen-bond donors (Lipinski definition) is 2. The third-order valence-corrected chi connectivity index (χ3v) is 6.47. The number of ether oxygens (including phenoxy) is 2. The summed E-state index contributed by atoms with van der Waals surface area (Å²) in [6, 6.07) is 2.25. The lowest BCUT2D eigenvalue weighted by Crippen LogP contribution is -2.35. The molecular formula is C26H34N8O3. The Hall–Kier alpha value is -3.70. The molecule has 4 aromatic heterocycles. The molecule has 0 amide bonds. The number of rotatable bonds is 5. The first-order valence-electron chi connectivity index (χ1n) is 12.6. The Morgan fingerprint density at radius 3 is 2.78 bits per heavy atom. The molecule has 196 valence electrons. The first-order chi connectivity index (χ1) is 17.9. The third-order valence-electron chi connectivity index (χ3n) is 6.47. The zero-order valence-electron chi connectivity index (χ0n) is 22.0. The molecule has 0 aromatic carbocycles. The molecule has 0 unspecified atom stereocenters. The number of aliphatic hydroxyl groups is 1.